The molecule has 0 amide bonds. The Balaban J connectivity index is 0.979. The molecule has 248 valence electrons. The smallest absolute Gasteiger partial charge is 0.164 e. The van der Waals surface area contributed by atoms with Crippen LogP contribution in [0.5, 0.6) is 0 Å². The fourth-order valence-corrected chi connectivity index (χ4v) is 8.30. The van der Waals surface area contributed by atoms with Crippen molar-refractivity contribution in [2.75, 3.05) is 0 Å². The van der Waals surface area contributed by atoms with E-state index in [-0.39, 0.29) is 0 Å². The maximum absolute atomic E-state index is 6.31. The number of rotatable bonds is 5. The lowest BCUT2D eigenvalue weighted by molar-refractivity contribution is 0.669. The van der Waals surface area contributed by atoms with E-state index >= 15 is 0 Å². The van der Waals surface area contributed by atoms with E-state index < -0.39 is 0 Å². The van der Waals surface area contributed by atoms with E-state index in [1.165, 1.54) is 10.8 Å². The van der Waals surface area contributed by atoms with Gasteiger partial charge in [0, 0.05) is 55.6 Å². The van der Waals surface area contributed by atoms with Gasteiger partial charge in [-0.1, -0.05) is 97.1 Å². The highest BCUT2D eigenvalue weighted by Gasteiger charge is 2.18. The van der Waals surface area contributed by atoms with Gasteiger partial charge >= 0.3 is 0 Å². The largest absolute Gasteiger partial charge is 0.456 e. The fourth-order valence-electron chi connectivity index (χ4n) is 7.35. The average Bonchev–Trinajstić information content (AvgIpc) is 3.92. The van der Waals surface area contributed by atoms with Crippen molar-refractivity contribution < 1.29 is 4.42 Å². The van der Waals surface area contributed by atoms with Gasteiger partial charge in [-0.05, 0) is 60.7 Å². The highest BCUT2D eigenvalue weighted by molar-refractivity contribution is 7.21. The monoisotopic (exact) mass is 697 g/mol. The topological polar surface area (TPSA) is 69.6 Å². The van der Waals surface area contributed by atoms with Gasteiger partial charge in [0.1, 0.15) is 16.2 Å². The van der Waals surface area contributed by atoms with E-state index in [0.29, 0.717) is 17.5 Å². The van der Waals surface area contributed by atoms with Gasteiger partial charge in [-0.2, -0.15) is 0 Å². The van der Waals surface area contributed by atoms with E-state index in [0.717, 1.165) is 76.1 Å². The lowest BCUT2D eigenvalue weighted by atomic mass is 10.1. The Labute approximate surface area is 307 Å². The van der Waals surface area contributed by atoms with Gasteiger partial charge in [0.2, 0.25) is 0 Å². The van der Waals surface area contributed by atoms with Crippen LogP contribution < -0.4 is 0 Å². The second-order valence-corrected chi connectivity index (χ2v) is 14.1. The van der Waals surface area contributed by atoms with Crippen LogP contribution in [0.3, 0.4) is 0 Å². The minimum absolute atomic E-state index is 0.615. The molecule has 0 saturated heterocycles. The molecule has 0 unspecified atom stereocenters. The molecule has 53 heavy (non-hydrogen) atoms. The Morgan fingerprint density at radius 2 is 1.04 bits per heavy atom. The first-order chi connectivity index (χ1) is 26.2. The van der Waals surface area contributed by atoms with Crippen LogP contribution in [-0.2, 0) is 0 Å². The molecular formula is C46H27N5OS. The van der Waals surface area contributed by atoms with Crippen molar-refractivity contribution in [1.82, 2.24) is 24.5 Å². The van der Waals surface area contributed by atoms with E-state index in [4.69, 9.17) is 24.4 Å². The summed E-state index contributed by atoms with van der Waals surface area (Å²) in [5, 5.41) is 5.65. The molecule has 11 rings (SSSR count). The van der Waals surface area contributed by atoms with Crippen molar-refractivity contribution in [3.8, 4) is 50.4 Å². The molecule has 0 aliphatic rings. The third-order valence-corrected chi connectivity index (χ3v) is 11.0. The van der Waals surface area contributed by atoms with Gasteiger partial charge in [-0.3, -0.25) is 0 Å². The van der Waals surface area contributed by atoms with Crippen molar-refractivity contribution >= 4 is 65.3 Å². The minimum atomic E-state index is 0.615. The first-order valence-corrected chi connectivity index (χ1v) is 18.3. The number of para-hydroxylation sites is 2. The van der Waals surface area contributed by atoms with Crippen molar-refractivity contribution in [1.29, 1.82) is 0 Å². The van der Waals surface area contributed by atoms with Gasteiger partial charge in [0.05, 0.1) is 21.3 Å². The van der Waals surface area contributed by atoms with Gasteiger partial charge in [-0.15, -0.1) is 11.3 Å². The lowest BCUT2D eigenvalue weighted by Gasteiger charge is -2.08. The number of aromatic nitrogens is 5. The molecule has 6 nitrogen and oxygen atoms in total. The minimum Gasteiger partial charge on any atom is -0.456 e. The molecule has 0 atom stereocenters. The van der Waals surface area contributed by atoms with Gasteiger partial charge in [-0.25, -0.2) is 19.9 Å². The van der Waals surface area contributed by atoms with E-state index in [9.17, 15) is 0 Å². The average molecular weight is 698 g/mol. The van der Waals surface area contributed by atoms with Crippen LogP contribution in [0.4, 0.5) is 0 Å². The molecule has 7 aromatic carbocycles. The normalized spacial score (nSPS) is 11.8. The van der Waals surface area contributed by atoms with Crippen LogP contribution in [0.1, 0.15) is 0 Å². The van der Waals surface area contributed by atoms with Crippen LogP contribution in [0.2, 0.25) is 0 Å². The molecule has 0 aliphatic carbocycles. The van der Waals surface area contributed by atoms with Crippen molar-refractivity contribution in [2.24, 2.45) is 0 Å². The lowest BCUT2D eigenvalue weighted by Crippen LogP contribution is -2.00. The summed E-state index contributed by atoms with van der Waals surface area (Å²) in [6, 6.07) is 56.4. The highest BCUT2D eigenvalue weighted by atomic mass is 32.1. The second-order valence-electron chi connectivity index (χ2n) is 13.1. The SMILES string of the molecule is c1ccc(-c2nc(-c3ccccc3)nc(-c3ccc4sc(-c5ccc(-n6c7ccccc7c7cc8c(cc76)oc6ccccc68)cc5)nc4c3)n2)cc1. The summed E-state index contributed by atoms with van der Waals surface area (Å²) < 4.78 is 9.74. The van der Waals surface area contributed by atoms with Crippen molar-refractivity contribution in [3.05, 3.63) is 164 Å². The molecular weight excluding hydrogens is 671 g/mol. The Morgan fingerprint density at radius 3 is 1.77 bits per heavy atom. The number of fused-ring (bicyclic) bond motifs is 7. The first-order valence-electron chi connectivity index (χ1n) is 17.5. The highest BCUT2D eigenvalue weighted by Crippen LogP contribution is 2.39. The molecule has 0 N–H and O–H groups in total. The molecule has 7 heteroatoms. The van der Waals surface area contributed by atoms with Crippen LogP contribution in [-0.4, -0.2) is 24.5 Å². The van der Waals surface area contributed by atoms with E-state index in [1.807, 2.05) is 72.8 Å². The third kappa shape index (κ3) is 4.93. The first kappa shape index (κ1) is 29.7. The molecule has 0 aliphatic heterocycles. The molecule has 4 aromatic heterocycles. The standard InChI is InChI=1S/C46H27N5OS/c1-3-11-28(12-4-1)43-48-44(29-13-5-2-6-14-29)50-45(49-43)31-21-24-42-37(25-31)47-46(53-42)30-19-22-32(23-20-30)51-38-17-9-7-15-33(38)35-26-36-34-16-8-10-18-40(34)52-41(36)27-39(35)51/h1-27H. The number of hydrogen-bond acceptors (Lipinski definition) is 6. The van der Waals surface area contributed by atoms with Crippen LogP contribution in [0.25, 0.3) is 104 Å². The molecule has 4 heterocycles. The van der Waals surface area contributed by atoms with E-state index in [2.05, 4.69) is 95.6 Å². The summed E-state index contributed by atoms with van der Waals surface area (Å²) in [6.45, 7) is 0. The Morgan fingerprint density at radius 1 is 0.415 bits per heavy atom. The zero-order valence-corrected chi connectivity index (χ0v) is 29.0. The number of hydrogen-bond donors (Lipinski definition) is 0. The summed E-state index contributed by atoms with van der Waals surface area (Å²) in [7, 11) is 0. The number of benzene rings is 7. The second kappa shape index (κ2) is 11.8. The molecule has 0 saturated carbocycles. The predicted molar refractivity (Wildman–Crippen MR) is 216 cm³/mol. The molecule has 0 radical (unpaired) electrons. The Kier molecular flexibility index (Phi) is 6.62. The summed E-state index contributed by atoms with van der Waals surface area (Å²) in [4.78, 5) is 19.8. The van der Waals surface area contributed by atoms with Gasteiger partial charge in [0.25, 0.3) is 0 Å². The number of thiazole rings is 1. The van der Waals surface area contributed by atoms with Crippen molar-refractivity contribution in [3.63, 3.8) is 0 Å². The summed E-state index contributed by atoms with van der Waals surface area (Å²) in [6.07, 6.45) is 0. The Hall–Kier alpha value is -6.96. The van der Waals surface area contributed by atoms with Gasteiger partial charge < -0.3 is 8.98 Å². The maximum atomic E-state index is 6.31. The van der Waals surface area contributed by atoms with E-state index in [1.54, 1.807) is 11.3 Å². The number of nitrogens with zero attached hydrogens (tertiary/aromatic N) is 5. The van der Waals surface area contributed by atoms with Crippen LogP contribution in [0.15, 0.2) is 168 Å². The third-order valence-electron chi connectivity index (χ3n) is 9.89. The molecule has 0 spiro atoms. The maximum Gasteiger partial charge on any atom is 0.164 e. The zero-order chi connectivity index (χ0) is 34.9. The Bertz CT molecular complexity index is 3110. The number of furan rings is 1. The molecule has 0 bridgehead atoms. The zero-order valence-electron chi connectivity index (χ0n) is 28.1. The summed E-state index contributed by atoms with van der Waals surface area (Å²) in [5.41, 5.74) is 9.89. The van der Waals surface area contributed by atoms with Gasteiger partial charge in [0.15, 0.2) is 17.5 Å². The molecule has 11 aromatic rings. The predicted octanol–water partition coefficient (Wildman–Crippen LogP) is 12.1. The summed E-state index contributed by atoms with van der Waals surface area (Å²) >= 11 is 1.68. The summed E-state index contributed by atoms with van der Waals surface area (Å²) in [5.74, 6) is 1.89. The fraction of sp³-hybridized carbons (Fsp3) is 0. The van der Waals surface area contributed by atoms with Crippen molar-refractivity contribution in [2.45, 2.75) is 0 Å². The quantitative estimate of drug-likeness (QED) is 0.179. The van der Waals surface area contributed by atoms with Crippen LogP contribution >= 0.6 is 11.3 Å². The van der Waals surface area contributed by atoms with Crippen LogP contribution in [0, 0.1) is 0 Å². The molecule has 0 fully saturated rings.